The predicted molar refractivity (Wildman–Crippen MR) is 121 cm³/mol. The molecule has 31 heavy (non-hydrogen) atoms. The van der Waals surface area contributed by atoms with Crippen LogP contribution in [0.5, 0.6) is 0 Å². The van der Waals surface area contributed by atoms with Crippen LogP contribution in [-0.4, -0.2) is 65.5 Å². The van der Waals surface area contributed by atoms with Gasteiger partial charge in [0.05, 0.1) is 0 Å². The Morgan fingerprint density at radius 2 is 1.61 bits per heavy atom. The Balaban J connectivity index is 1.17. The maximum Gasteiger partial charge on any atom is 0.319 e. The lowest BCUT2D eigenvalue weighted by molar-refractivity contribution is 0.0793. The Kier molecular flexibility index (Phi) is 7.14. The molecule has 7 nitrogen and oxygen atoms in total. The summed E-state index contributed by atoms with van der Waals surface area (Å²) in [6, 6.07) is 11.3. The van der Waals surface area contributed by atoms with Crippen LogP contribution >= 0.6 is 0 Å². The molecular weight excluding hydrogens is 390 g/mol. The summed E-state index contributed by atoms with van der Waals surface area (Å²) in [5.41, 5.74) is 2.68. The van der Waals surface area contributed by atoms with Gasteiger partial charge < -0.3 is 20.4 Å². The van der Waals surface area contributed by atoms with Gasteiger partial charge in [0.2, 0.25) is 0 Å². The van der Waals surface area contributed by atoms with Gasteiger partial charge in [-0.2, -0.15) is 0 Å². The third kappa shape index (κ3) is 6.04. The fourth-order valence-electron chi connectivity index (χ4n) is 4.29. The third-order valence-electron chi connectivity index (χ3n) is 6.17. The second-order valence-electron chi connectivity index (χ2n) is 8.40. The summed E-state index contributed by atoms with van der Waals surface area (Å²) in [6.07, 6.45) is 8.76. The Labute approximate surface area is 183 Å². The van der Waals surface area contributed by atoms with Crippen molar-refractivity contribution in [3.63, 3.8) is 0 Å². The zero-order chi connectivity index (χ0) is 21.5. The number of hydrogen-bond donors (Lipinski definition) is 2. The van der Waals surface area contributed by atoms with E-state index in [1.807, 2.05) is 17.3 Å². The van der Waals surface area contributed by atoms with Gasteiger partial charge in [0.25, 0.3) is 5.91 Å². The van der Waals surface area contributed by atoms with Crippen LogP contribution in [0, 0.1) is 0 Å². The van der Waals surface area contributed by atoms with Gasteiger partial charge in [-0.25, -0.2) is 4.79 Å². The van der Waals surface area contributed by atoms with E-state index in [1.54, 1.807) is 24.3 Å². The van der Waals surface area contributed by atoms with E-state index >= 15 is 0 Å². The van der Waals surface area contributed by atoms with E-state index in [0.29, 0.717) is 11.3 Å². The summed E-state index contributed by atoms with van der Waals surface area (Å²) < 4.78 is 0. The highest BCUT2D eigenvalue weighted by Crippen LogP contribution is 2.16. The molecule has 0 radical (unpaired) electrons. The molecule has 2 fully saturated rings. The molecule has 0 saturated carbocycles. The molecule has 0 spiro atoms. The average Bonchev–Trinajstić information content (AvgIpc) is 3.34. The fourth-order valence-corrected chi connectivity index (χ4v) is 4.29. The van der Waals surface area contributed by atoms with Gasteiger partial charge in [0.15, 0.2) is 0 Å². The Morgan fingerprint density at radius 1 is 0.935 bits per heavy atom. The Bertz CT molecular complexity index is 857. The number of aromatic nitrogens is 1. The number of urea groups is 1. The fraction of sp³-hybridized carbons (Fsp3) is 0.458. The zero-order valence-electron chi connectivity index (χ0n) is 17.9. The van der Waals surface area contributed by atoms with E-state index in [4.69, 9.17) is 0 Å². The van der Waals surface area contributed by atoms with Gasteiger partial charge in [-0.3, -0.25) is 9.78 Å². The van der Waals surface area contributed by atoms with Crippen molar-refractivity contribution >= 4 is 17.6 Å². The third-order valence-corrected chi connectivity index (χ3v) is 6.17. The lowest BCUT2D eigenvalue weighted by Crippen LogP contribution is -2.46. The van der Waals surface area contributed by atoms with E-state index in [2.05, 4.69) is 32.7 Å². The normalized spacial score (nSPS) is 17.5. The first-order chi connectivity index (χ1) is 15.2. The van der Waals surface area contributed by atoms with Crippen molar-refractivity contribution in [2.75, 3.05) is 38.0 Å². The number of piperidine rings is 1. The number of likely N-dealkylation sites (tertiary alicyclic amines) is 2. The summed E-state index contributed by atoms with van der Waals surface area (Å²) in [6.45, 7) is 4.69. The van der Waals surface area contributed by atoms with Crippen LogP contribution in [0.15, 0.2) is 48.8 Å². The lowest BCUT2D eigenvalue weighted by atomic mass is 10.0. The monoisotopic (exact) mass is 421 g/mol. The number of rotatable bonds is 6. The van der Waals surface area contributed by atoms with Crippen LogP contribution in [0.3, 0.4) is 0 Å². The van der Waals surface area contributed by atoms with Gasteiger partial charge >= 0.3 is 6.03 Å². The van der Waals surface area contributed by atoms with Gasteiger partial charge in [-0.05, 0) is 74.1 Å². The van der Waals surface area contributed by atoms with Crippen molar-refractivity contribution < 1.29 is 9.59 Å². The quantitative estimate of drug-likeness (QED) is 0.751. The van der Waals surface area contributed by atoms with Gasteiger partial charge in [0.1, 0.15) is 0 Å². The van der Waals surface area contributed by atoms with Crippen LogP contribution in [0.4, 0.5) is 10.5 Å². The number of hydrogen-bond acceptors (Lipinski definition) is 4. The largest absolute Gasteiger partial charge is 0.339 e. The molecule has 1 aromatic carbocycles. The molecule has 2 aromatic rings. The molecule has 0 unspecified atom stereocenters. The maximum absolute atomic E-state index is 12.4. The van der Waals surface area contributed by atoms with Gasteiger partial charge in [-0.15, -0.1) is 0 Å². The first-order valence-corrected chi connectivity index (χ1v) is 11.3. The van der Waals surface area contributed by atoms with Crippen molar-refractivity contribution in [2.24, 2.45) is 0 Å². The zero-order valence-corrected chi connectivity index (χ0v) is 17.9. The smallest absolute Gasteiger partial charge is 0.319 e. The number of amides is 3. The van der Waals surface area contributed by atoms with E-state index < -0.39 is 0 Å². The second kappa shape index (κ2) is 10.4. The molecule has 3 amide bonds. The predicted octanol–water partition coefficient (Wildman–Crippen LogP) is 3.15. The molecule has 0 aliphatic carbocycles. The molecule has 2 aliphatic heterocycles. The van der Waals surface area contributed by atoms with Crippen molar-refractivity contribution in [2.45, 2.75) is 38.1 Å². The number of anilines is 1. The van der Waals surface area contributed by atoms with Crippen LogP contribution in [0.1, 0.15) is 41.6 Å². The molecule has 0 atom stereocenters. The standard InChI is InChI=1S/C24H31N5O2/c30-23(29-14-1-2-15-29)20-3-5-21(6-4-20)26-24(31)27-22-10-17-28(18-11-22)16-9-19-7-12-25-13-8-19/h3-8,12-13,22H,1-2,9-11,14-18H2,(H2,26,27,31). The van der Waals surface area contributed by atoms with Crippen LogP contribution in [0.25, 0.3) is 0 Å². The summed E-state index contributed by atoms with van der Waals surface area (Å²) in [5, 5.41) is 5.97. The molecule has 4 rings (SSSR count). The summed E-state index contributed by atoms with van der Waals surface area (Å²) in [4.78, 5) is 33.2. The summed E-state index contributed by atoms with van der Waals surface area (Å²) >= 11 is 0. The number of carbonyl (C=O) groups excluding carboxylic acids is 2. The van der Waals surface area contributed by atoms with Crippen LogP contribution < -0.4 is 10.6 Å². The van der Waals surface area contributed by atoms with Crippen molar-refractivity contribution in [3.05, 3.63) is 59.9 Å². The molecule has 2 aliphatic rings. The maximum atomic E-state index is 12.4. The summed E-state index contributed by atoms with van der Waals surface area (Å²) in [7, 11) is 0. The highest BCUT2D eigenvalue weighted by Gasteiger charge is 2.21. The highest BCUT2D eigenvalue weighted by atomic mass is 16.2. The number of benzene rings is 1. The van der Waals surface area contributed by atoms with Crippen LogP contribution in [0.2, 0.25) is 0 Å². The summed E-state index contributed by atoms with van der Waals surface area (Å²) in [5.74, 6) is 0.0733. The number of nitrogens with zero attached hydrogens (tertiary/aromatic N) is 3. The van der Waals surface area contributed by atoms with Crippen LogP contribution in [-0.2, 0) is 6.42 Å². The molecule has 164 valence electrons. The van der Waals surface area contributed by atoms with Gasteiger partial charge in [-0.1, -0.05) is 0 Å². The average molecular weight is 422 g/mol. The lowest BCUT2D eigenvalue weighted by Gasteiger charge is -2.32. The minimum absolute atomic E-state index is 0.0733. The van der Waals surface area contributed by atoms with E-state index in [1.165, 1.54) is 5.56 Å². The van der Waals surface area contributed by atoms with E-state index in [0.717, 1.165) is 64.8 Å². The molecule has 2 N–H and O–H groups in total. The van der Waals surface area contributed by atoms with E-state index in [-0.39, 0.29) is 18.0 Å². The van der Waals surface area contributed by atoms with Gasteiger partial charge in [0, 0.05) is 62.4 Å². The minimum Gasteiger partial charge on any atom is -0.339 e. The topological polar surface area (TPSA) is 77.6 Å². The Hall–Kier alpha value is -2.93. The first kappa shape index (κ1) is 21.3. The molecule has 7 heteroatoms. The number of nitrogens with one attached hydrogen (secondary N) is 2. The molecule has 0 bridgehead atoms. The minimum atomic E-state index is -0.186. The highest BCUT2D eigenvalue weighted by molar-refractivity contribution is 5.95. The SMILES string of the molecule is O=C(Nc1ccc(C(=O)N2CCCC2)cc1)NC1CCN(CCc2ccncc2)CC1. The molecule has 1 aromatic heterocycles. The first-order valence-electron chi connectivity index (χ1n) is 11.3. The molecule has 3 heterocycles. The number of pyridine rings is 1. The molecule has 2 saturated heterocycles. The second-order valence-corrected chi connectivity index (χ2v) is 8.40. The van der Waals surface area contributed by atoms with Crippen molar-refractivity contribution in [1.82, 2.24) is 20.1 Å². The van der Waals surface area contributed by atoms with Crippen molar-refractivity contribution in [1.29, 1.82) is 0 Å². The number of carbonyl (C=O) groups is 2. The Morgan fingerprint density at radius 3 is 2.29 bits per heavy atom. The van der Waals surface area contributed by atoms with Crippen molar-refractivity contribution in [3.8, 4) is 0 Å². The molecular formula is C24H31N5O2. The van der Waals surface area contributed by atoms with E-state index in [9.17, 15) is 9.59 Å².